The second kappa shape index (κ2) is 6.91. The van der Waals surface area contributed by atoms with Crippen LogP contribution < -0.4 is 5.43 Å². The Morgan fingerprint density at radius 1 is 0.900 bits per heavy atom. The van der Waals surface area contributed by atoms with Gasteiger partial charge in [-0.3, -0.25) is 9.59 Å². The molecule has 0 aliphatic carbocycles. The quantitative estimate of drug-likeness (QED) is 0.493. The molecule has 0 radical (unpaired) electrons. The largest absolute Gasteiger partial charge is 0.450 e. The molecule has 1 atom stereocenters. The summed E-state index contributed by atoms with van der Waals surface area (Å²) >= 11 is 0. The Morgan fingerprint density at radius 2 is 1.63 bits per heavy atom. The topological polar surface area (TPSA) is 50.5 Å². The smallest absolute Gasteiger partial charge is 0.291 e. The summed E-state index contributed by atoms with van der Waals surface area (Å²) in [6.45, 7) is 0.160. The highest BCUT2D eigenvalue weighted by atomic mass is 19.1. The molecular formula is C24H15F2NO3. The Hall–Kier alpha value is -3.80. The van der Waals surface area contributed by atoms with Crippen molar-refractivity contribution in [2.75, 3.05) is 0 Å². The molecule has 0 saturated carbocycles. The number of benzene rings is 3. The van der Waals surface area contributed by atoms with E-state index in [9.17, 15) is 18.4 Å². The van der Waals surface area contributed by atoms with Gasteiger partial charge in [0, 0.05) is 12.1 Å². The molecule has 5 rings (SSSR count). The summed E-state index contributed by atoms with van der Waals surface area (Å²) in [5.41, 5.74) is 0.607. The van der Waals surface area contributed by atoms with Crippen LogP contribution >= 0.6 is 0 Å². The summed E-state index contributed by atoms with van der Waals surface area (Å²) in [5.74, 6) is -1.78. The van der Waals surface area contributed by atoms with Crippen LogP contribution in [-0.2, 0) is 6.54 Å². The molecule has 0 spiro atoms. The van der Waals surface area contributed by atoms with Gasteiger partial charge in [0.05, 0.1) is 17.0 Å². The van der Waals surface area contributed by atoms with Crippen molar-refractivity contribution in [1.29, 1.82) is 0 Å². The van der Waals surface area contributed by atoms with Crippen molar-refractivity contribution in [2.24, 2.45) is 0 Å². The molecule has 0 N–H and O–H groups in total. The molecule has 148 valence electrons. The van der Waals surface area contributed by atoms with Gasteiger partial charge in [0.25, 0.3) is 5.91 Å². The molecule has 1 aromatic heterocycles. The van der Waals surface area contributed by atoms with Crippen molar-refractivity contribution >= 4 is 16.9 Å². The summed E-state index contributed by atoms with van der Waals surface area (Å²) in [5, 5.41) is 0.0180. The molecule has 0 bridgehead atoms. The Kier molecular flexibility index (Phi) is 4.20. The standard InChI is InChI=1S/C24H15F2NO3/c25-15-10-11-19-17(12-15)22(28)20-21(16-8-4-5-9-18(16)26)27(24(29)23(20)30-19)13-14-6-2-1-3-7-14/h1-12,21H,13H2/t21-/m0/s1. The van der Waals surface area contributed by atoms with E-state index in [2.05, 4.69) is 0 Å². The summed E-state index contributed by atoms with van der Waals surface area (Å²) in [7, 11) is 0. The maximum absolute atomic E-state index is 14.8. The van der Waals surface area contributed by atoms with Crippen molar-refractivity contribution in [3.8, 4) is 0 Å². The van der Waals surface area contributed by atoms with Gasteiger partial charge >= 0.3 is 0 Å². The van der Waals surface area contributed by atoms with Crippen LogP contribution in [0, 0.1) is 11.6 Å². The van der Waals surface area contributed by atoms with Gasteiger partial charge in [-0.1, -0.05) is 48.5 Å². The van der Waals surface area contributed by atoms with Gasteiger partial charge in [0.1, 0.15) is 17.2 Å². The van der Waals surface area contributed by atoms with E-state index in [0.717, 1.165) is 17.7 Å². The lowest BCUT2D eigenvalue weighted by Crippen LogP contribution is -2.29. The zero-order valence-electron chi connectivity index (χ0n) is 15.6. The number of amides is 1. The Morgan fingerprint density at radius 3 is 2.40 bits per heavy atom. The van der Waals surface area contributed by atoms with E-state index >= 15 is 0 Å². The van der Waals surface area contributed by atoms with Crippen LogP contribution in [0.2, 0.25) is 0 Å². The number of nitrogens with zero attached hydrogens (tertiary/aromatic N) is 1. The van der Waals surface area contributed by atoms with Gasteiger partial charge in [-0.25, -0.2) is 8.78 Å². The van der Waals surface area contributed by atoms with Crippen molar-refractivity contribution in [2.45, 2.75) is 12.6 Å². The van der Waals surface area contributed by atoms with Gasteiger partial charge < -0.3 is 9.32 Å². The highest BCUT2D eigenvalue weighted by Crippen LogP contribution is 2.39. The lowest BCUT2D eigenvalue weighted by atomic mass is 9.97. The summed E-state index contributed by atoms with van der Waals surface area (Å²) < 4.78 is 34.3. The molecule has 0 saturated heterocycles. The number of fused-ring (bicyclic) bond motifs is 2. The van der Waals surface area contributed by atoms with E-state index in [1.807, 2.05) is 30.3 Å². The monoisotopic (exact) mass is 403 g/mol. The average Bonchev–Trinajstić information content (AvgIpc) is 3.02. The molecule has 3 aromatic carbocycles. The van der Waals surface area contributed by atoms with E-state index in [1.54, 1.807) is 6.07 Å². The first-order valence-corrected chi connectivity index (χ1v) is 9.40. The number of halogens is 2. The van der Waals surface area contributed by atoms with Crippen LogP contribution in [0.5, 0.6) is 0 Å². The second-order valence-electron chi connectivity index (χ2n) is 7.16. The number of carbonyl (C=O) groups excluding carboxylic acids is 1. The van der Waals surface area contributed by atoms with Gasteiger partial charge in [0.2, 0.25) is 5.76 Å². The van der Waals surface area contributed by atoms with E-state index in [-0.39, 0.29) is 34.4 Å². The fourth-order valence-corrected chi connectivity index (χ4v) is 3.96. The fourth-order valence-electron chi connectivity index (χ4n) is 3.96. The number of hydrogen-bond acceptors (Lipinski definition) is 3. The zero-order chi connectivity index (χ0) is 20.8. The van der Waals surface area contributed by atoms with Crippen molar-refractivity contribution < 1.29 is 18.0 Å². The number of hydrogen-bond donors (Lipinski definition) is 0. The first-order valence-electron chi connectivity index (χ1n) is 9.40. The van der Waals surface area contributed by atoms with Crippen LogP contribution in [0.4, 0.5) is 8.78 Å². The minimum absolute atomic E-state index is 0.0180. The maximum atomic E-state index is 14.8. The lowest BCUT2D eigenvalue weighted by Gasteiger charge is -2.25. The molecule has 0 unspecified atom stereocenters. The van der Waals surface area contributed by atoms with E-state index in [4.69, 9.17) is 4.42 Å². The highest BCUT2D eigenvalue weighted by molar-refractivity contribution is 5.99. The third-order valence-corrected chi connectivity index (χ3v) is 5.32. The Balaban J connectivity index is 1.77. The summed E-state index contributed by atoms with van der Waals surface area (Å²) in [4.78, 5) is 28.0. The lowest BCUT2D eigenvalue weighted by molar-refractivity contribution is 0.0712. The molecule has 0 fully saturated rings. The molecule has 1 aliphatic heterocycles. The fraction of sp³-hybridized carbons (Fsp3) is 0.0833. The minimum Gasteiger partial charge on any atom is -0.450 e. The predicted molar refractivity (Wildman–Crippen MR) is 107 cm³/mol. The Bertz CT molecular complexity index is 1350. The van der Waals surface area contributed by atoms with Crippen LogP contribution in [0.1, 0.15) is 33.3 Å². The second-order valence-corrected chi connectivity index (χ2v) is 7.16. The minimum atomic E-state index is -0.974. The van der Waals surface area contributed by atoms with E-state index < -0.39 is 29.0 Å². The third-order valence-electron chi connectivity index (χ3n) is 5.32. The first-order chi connectivity index (χ1) is 14.5. The van der Waals surface area contributed by atoms with Crippen molar-refractivity contribution in [3.63, 3.8) is 0 Å². The van der Waals surface area contributed by atoms with E-state index in [1.165, 1.54) is 29.2 Å². The summed E-state index contributed by atoms with van der Waals surface area (Å²) in [6.07, 6.45) is 0. The molecule has 4 nitrogen and oxygen atoms in total. The normalized spacial score (nSPS) is 15.6. The van der Waals surface area contributed by atoms with Gasteiger partial charge in [-0.05, 0) is 29.8 Å². The predicted octanol–water partition coefficient (Wildman–Crippen LogP) is 4.82. The number of carbonyl (C=O) groups is 1. The van der Waals surface area contributed by atoms with Gasteiger partial charge in [0.15, 0.2) is 5.43 Å². The molecule has 30 heavy (non-hydrogen) atoms. The molecule has 6 heteroatoms. The average molecular weight is 403 g/mol. The highest BCUT2D eigenvalue weighted by Gasteiger charge is 2.43. The molecule has 1 amide bonds. The first kappa shape index (κ1) is 18.2. The van der Waals surface area contributed by atoms with Gasteiger partial charge in [-0.15, -0.1) is 0 Å². The molecule has 4 aromatic rings. The molecule has 1 aliphatic rings. The Labute approximate surface area is 170 Å². The number of rotatable bonds is 3. The van der Waals surface area contributed by atoms with Crippen LogP contribution in [0.25, 0.3) is 11.0 Å². The molecule has 2 heterocycles. The summed E-state index contributed by atoms with van der Waals surface area (Å²) in [6, 6.07) is 17.8. The SMILES string of the molecule is O=C1c2oc3ccc(F)cc3c(=O)c2[C@H](c2ccccc2F)N1Cc1ccccc1. The maximum Gasteiger partial charge on any atom is 0.291 e. The van der Waals surface area contributed by atoms with E-state index in [0.29, 0.717) is 0 Å². The van der Waals surface area contributed by atoms with Crippen LogP contribution in [0.3, 0.4) is 0 Å². The third kappa shape index (κ3) is 2.80. The van der Waals surface area contributed by atoms with Crippen molar-refractivity contribution in [1.82, 2.24) is 4.90 Å². The molecular weight excluding hydrogens is 388 g/mol. The van der Waals surface area contributed by atoms with Crippen LogP contribution in [0.15, 0.2) is 82.0 Å². The van der Waals surface area contributed by atoms with Gasteiger partial charge in [-0.2, -0.15) is 0 Å². The van der Waals surface area contributed by atoms with Crippen LogP contribution in [-0.4, -0.2) is 10.8 Å². The zero-order valence-corrected chi connectivity index (χ0v) is 15.6. The van der Waals surface area contributed by atoms with Crippen molar-refractivity contribution in [3.05, 3.63) is 117 Å².